The number of carbonyl (C=O) groups excluding carboxylic acids is 1. The van der Waals surface area contributed by atoms with Gasteiger partial charge in [-0.25, -0.2) is 0 Å². The minimum Gasteiger partial charge on any atom is -0.351 e. The fourth-order valence-corrected chi connectivity index (χ4v) is 3.27. The lowest BCUT2D eigenvalue weighted by atomic mass is 9.82. The van der Waals surface area contributed by atoms with Crippen LogP contribution in [0.25, 0.3) is 0 Å². The molecule has 1 saturated carbocycles. The molecule has 3 atom stereocenters. The van der Waals surface area contributed by atoms with Crippen LogP contribution in [0.4, 0.5) is 13.2 Å². The summed E-state index contributed by atoms with van der Waals surface area (Å²) in [7, 11) is 0. The quantitative estimate of drug-likeness (QED) is 0.821. The van der Waals surface area contributed by atoms with E-state index >= 15 is 0 Å². The van der Waals surface area contributed by atoms with Gasteiger partial charge in [0.15, 0.2) is 0 Å². The Kier molecular flexibility index (Phi) is 4.62. The van der Waals surface area contributed by atoms with E-state index in [-0.39, 0.29) is 12.3 Å². The number of rotatable bonds is 2. The molecule has 2 aliphatic rings. The van der Waals surface area contributed by atoms with Gasteiger partial charge in [-0.15, -0.1) is 0 Å². The van der Waals surface area contributed by atoms with E-state index in [1.807, 2.05) is 0 Å². The smallest absolute Gasteiger partial charge is 0.351 e. The van der Waals surface area contributed by atoms with Crippen LogP contribution in [0.3, 0.4) is 0 Å². The van der Waals surface area contributed by atoms with Crippen molar-refractivity contribution in [3.8, 4) is 0 Å². The number of hydrogen-bond acceptors (Lipinski definition) is 2. The van der Waals surface area contributed by atoms with E-state index in [4.69, 9.17) is 0 Å². The third kappa shape index (κ3) is 3.45. The molecule has 1 aliphatic heterocycles. The monoisotopic (exact) mass is 292 g/mol. The molecule has 3 unspecified atom stereocenters. The largest absolute Gasteiger partial charge is 0.393 e. The number of amides is 1. The molecule has 0 aromatic rings. The molecule has 2 rings (SSSR count). The zero-order valence-electron chi connectivity index (χ0n) is 11.9. The Morgan fingerprint density at radius 2 is 1.90 bits per heavy atom. The summed E-state index contributed by atoms with van der Waals surface area (Å²) in [6.45, 7) is 2.53. The Labute approximate surface area is 117 Å². The first-order valence-corrected chi connectivity index (χ1v) is 7.46. The van der Waals surface area contributed by atoms with Crippen LogP contribution in [-0.2, 0) is 4.79 Å². The standard InChI is InChI=1S/C14H23F3N2O/c1-13(8-4-5-9-18-13)12(20)19-11-7-3-2-6-10(11)14(15,16)17/h10-11,18H,2-9H2,1H3,(H,19,20). The van der Waals surface area contributed by atoms with E-state index in [2.05, 4.69) is 10.6 Å². The molecule has 2 fully saturated rings. The molecule has 1 heterocycles. The van der Waals surface area contributed by atoms with Crippen LogP contribution in [0.2, 0.25) is 0 Å². The Bertz CT molecular complexity index is 351. The van der Waals surface area contributed by atoms with Crippen LogP contribution in [0.15, 0.2) is 0 Å². The summed E-state index contributed by atoms with van der Waals surface area (Å²) in [5.41, 5.74) is -0.716. The lowest BCUT2D eigenvalue weighted by Crippen LogP contribution is -2.60. The van der Waals surface area contributed by atoms with Gasteiger partial charge in [-0.3, -0.25) is 4.79 Å². The zero-order valence-corrected chi connectivity index (χ0v) is 11.9. The van der Waals surface area contributed by atoms with Crippen molar-refractivity contribution in [2.75, 3.05) is 6.54 Å². The average Bonchev–Trinajstić information content (AvgIpc) is 2.39. The second-order valence-electron chi connectivity index (χ2n) is 6.23. The maximum atomic E-state index is 13.0. The van der Waals surface area contributed by atoms with Crippen molar-refractivity contribution in [3.05, 3.63) is 0 Å². The predicted molar refractivity (Wildman–Crippen MR) is 70.2 cm³/mol. The molecule has 0 bridgehead atoms. The summed E-state index contributed by atoms with van der Waals surface area (Å²) >= 11 is 0. The predicted octanol–water partition coefficient (Wildman–Crippen LogP) is 2.76. The van der Waals surface area contributed by atoms with E-state index in [1.165, 1.54) is 0 Å². The topological polar surface area (TPSA) is 41.1 Å². The van der Waals surface area contributed by atoms with E-state index in [1.54, 1.807) is 6.92 Å². The Morgan fingerprint density at radius 1 is 1.20 bits per heavy atom. The molecule has 6 heteroatoms. The van der Waals surface area contributed by atoms with Crippen molar-refractivity contribution in [1.29, 1.82) is 0 Å². The molecular weight excluding hydrogens is 269 g/mol. The van der Waals surface area contributed by atoms with Gasteiger partial charge in [-0.05, 0) is 45.6 Å². The van der Waals surface area contributed by atoms with E-state index < -0.39 is 23.7 Å². The molecular formula is C14H23F3N2O. The highest BCUT2D eigenvalue weighted by Gasteiger charge is 2.47. The lowest BCUT2D eigenvalue weighted by molar-refractivity contribution is -0.189. The van der Waals surface area contributed by atoms with E-state index in [0.29, 0.717) is 19.3 Å². The second kappa shape index (κ2) is 5.92. The second-order valence-corrected chi connectivity index (χ2v) is 6.23. The third-order valence-electron chi connectivity index (χ3n) is 4.62. The number of piperidine rings is 1. The fourth-order valence-electron chi connectivity index (χ4n) is 3.27. The van der Waals surface area contributed by atoms with Crippen LogP contribution < -0.4 is 10.6 Å². The number of carbonyl (C=O) groups is 1. The Hall–Kier alpha value is -0.780. The highest BCUT2D eigenvalue weighted by atomic mass is 19.4. The number of hydrogen-bond donors (Lipinski definition) is 2. The first-order chi connectivity index (χ1) is 9.33. The number of halogens is 3. The molecule has 1 saturated heterocycles. The molecule has 0 spiro atoms. The number of nitrogens with one attached hydrogen (secondary N) is 2. The van der Waals surface area contributed by atoms with Crippen LogP contribution in [0.5, 0.6) is 0 Å². The minimum atomic E-state index is -4.22. The average molecular weight is 292 g/mol. The summed E-state index contributed by atoms with van der Waals surface area (Å²) in [5.74, 6) is -1.68. The van der Waals surface area contributed by atoms with Gasteiger partial charge in [0.2, 0.25) is 5.91 Å². The van der Waals surface area contributed by atoms with Crippen molar-refractivity contribution in [2.45, 2.75) is 69.6 Å². The van der Waals surface area contributed by atoms with Gasteiger partial charge >= 0.3 is 6.18 Å². The first kappa shape index (κ1) is 15.6. The summed E-state index contributed by atoms with van der Waals surface area (Å²) in [4.78, 5) is 12.3. The van der Waals surface area contributed by atoms with Crippen molar-refractivity contribution >= 4 is 5.91 Å². The van der Waals surface area contributed by atoms with Crippen LogP contribution in [-0.4, -0.2) is 30.2 Å². The Balaban J connectivity index is 2.01. The highest BCUT2D eigenvalue weighted by molar-refractivity contribution is 5.86. The van der Waals surface area contributed by atoms with Crippen LogP contribution >= 0.6 is 0 Å². The van der Waals surface area contributed by atoms with Gasteiger partial charge in [0.1, 0.15) is 0 Å². The van der Waals surface area contributed by atoms with Crippen molar-refractivity contribution in [2.24, 2.45) is 5.92 Å². The summed E-state index contributed by atoms with van der Waals surface area (Å²) < 4.78 is 39.0. The van der Waals surface area contributed by atoms with Gasteiger partial charge in [0, 0.05) is 6.04 Å². The van der Waals surface area contributed by atoms with Crippen LogP contribution in [0.1, 0.15) is 51.9 Å². The molecule has 0 aromatic heterocycles. The summed E-state index contributed by atoms with van der Waals surface area (Å²) in [6.07, 6.45) is 0.293. The molecule has 1 amide bonds. The van der Waals surface area contributed by atoms with E-state index in [9.17, 15) is 18.0 Å². The van der Waals surface area contributed by atoms with Gasteiger partial charge in [-0.2, -0.15) is 13.2 Å². The van der Waals surface area contributed by atoms with Crippen molar-refractivity contribution in [3.63, 3.8) is 0 Å². The fraction of sp³-hybridized carbons (Fsp3) is 0.929. The number of alkyl halides is 3. The minimum absolute atomic E-state index is 0.124. The molecule has 0 radical (unpaired) electrons. The summed E-state index contributed by atoms with van der Waals surface area (Å²) in [5, 5.41) is 5.81. The van der Waals surface area contributed by atoms with Gasteiger partial charge in [-0.1, -0.05) is 12.8 Å². The van der Waals surface area contributed by atoms with E-state index in [0.717, 1.165) is 25.8 Å². The highest BCUT2D eigenvalue weighted by Crippen LogP contribution is 2.38. The molecule has 2 N–H and O–H groups in total. The lowest BCUT2D eigenvalue weighted by Gasteiger charge is -2.38. The Morgan fingerprint density at radius 3 is 2.50 bits per heavy atom. The zero-order chi connectivity index (χ0) is 14.8. The molecule has 1 aliphatic carbocycles. The molecule has 116 valence electrons. The SMILES string of the molecule is CC1(C(=O)NC2CCCCC2C(F)(F)F)CCCCN1. The molecule has 20 heavy (non-hydrogen) atoms. The van der Waals surface area contributed by atoms with Gasteiger partial charge in [0.05, 0.1) is 11.5 Å². The maximum Gasteiger partial charge on any atom is 0.393 e. The molecule has 0 aromatic carbocycles. The van der Waals surface area contributed by atoms with Gasteiger partial charge in [0.25, 0.3) is 0 Å². The van der Waals surface area contributed by atoms with Crippen molar-refractivity contribution < 1.29 is 18.0 Å². The molecule has 3 nitrogen and oxygen atoms in total. The summed E-state index contributed by atoms with van der Waals surface area (Å²) in [6, 6.07) is -0.767. The van der Waals surface area contributed by atoms with Crippen LogP contribution in [0, 0.1) is 5.92 Å². The third-order valence-corrected chi connectivity index (χ3v) is 4.62. The first-order valence-electron chi connectivity index (χ1n) is 7.46. The van der Waals surface area contributed by atoms with Gasteiger partial charge < -0.3 is 10.6 Å². The normalized spacial score (nSPS) is 35.6. The maximum absolute atomic E-state index is 13.0. The van der Waals surface area contributed by atoms with Crippen molar-refractivity contribution in [1.82, 2.24) is 10.6 Å².